The first-order valence-corrected chi connectivity index (χ1v) is 8.53. The first-order valence-electron chi connectivity index (χ1n) is 8.53. The van der Waals surface area contributed by atoms with Crippen LogP contribution in [0, 0.1) is 11.8 Å². The van der Waals surface area contributed by atoms with Crippen molar-refractivity contribution in [2.75, 3.05) is 19.6 Å². The van der Waals surface area contributed by atoms with Gasteiger partial charge in [0.25, 0.3) is 0 Å². The van der Waals surface area contributed by atoms with Gasteiger partial charge in [-0.2, -0.15) is 0 Å². The van der Waals surface area contributed by atoms with Crippen molar-refractivity contribution >= 4 is 11.6 Å². The van der Waals surface area contributed by atoms with Gasteiger partial charge in [0.05, 0.1) is 12.3 Å². The van der Waals surface area contributed by atoms with Gasteiger partial charge in [-0.1, -0.05) is 55.9 Å². The molecule has 0 spiro atoms. The summed E-state index contributed by atoms with van der Waals surface area (Å²) in [6.45, 7) is 9.62. The molecule has 1 aliphatic heterocycles. The molecule has 0 bridgehead atoms. The quantitative estimate of drug-likeness (QED) is 0.475. The van der Waals surface area contributed by atoms with Gasteiger partial charge in [0.2, 0.25) is 5.91 Å². The van der Waals surface area contributed by atoms with Gasteiger partial charge in [-0.25, -0.2) is 0 Å². The summed E-state index contributed by atoms with van der Waals surface area (Å²) in [6.07, 6.45) is 1.82. The fraction of sp³-hybridized carbons (Fsp3) is 0.474. The lowest BCUT2D eigenvalue weighted by Gasteiger charge is -2.17. The van der Waals surface area contributed by atoms with E-state index in [-0.39, 0.29) is 18.4 Å². The normalized spacial score (nSPS) is 19.2. The van der Waals surface area contributed by atoms with Crippen LogP contribution in [0.25, 0.3) is 0 Å². The third-order valence-corrected chi connectivity index (χ3v) is 4.58. The van der Waals surface area contributed by atoms with Gasteiger partial charge in [-0.3, -0.25) is 4.79 Å². The smallest absolute Gasteiger partial charge is 0.236 e. The minimum absolute atomic E-state index is 0.0293. The van der Waals surface area contributed by atoms with Gasteiger partial charge in [0.15, 0.2) is 0 Å². The lowest BCUT2D eigenvalue weighted by Crippen LogP contribution is -2.34. The molecule has 5 heteroatoms. The van der Waals surface area contributed by atoms with Crippen molar-refractivity contribution < 1.29 is 9.63 Å². The summed E-state index contributed by atoms with van der Waals surface area (Å²) in [5.41, 5.74) is 7.40. The van der Waals surface area contributed by atoms with E-state index in [1.807, 2.05) is 30.3 Å². The summed E-state index contributed by atoms with van der Waals surface area (Å²) in [7, 11) is 0. The molecule has 1 saturated heterocycles. The first-order chi connectivity index (χ1) is 11.6. The highest BCUT2D eigenvalue weighted by Gasteiger charge is 2.28. The maximum atomic E-state index is 11.7. The van der Waals surface area contributed by atoms with Crippen LogP contribution in [-0.4, -0.2) is 36.2 Å². The Morgan fingerprint density at radius 1 is 1.46 bits per heavy atom. The van der Waals surface area contributed by atoms with Crippen molar-refractivity contribution in [3.63, 3.8) is 0 Å². The number of amides is 1. The van der Waals surface area contributed by atoms with E-state index in [0.29, 0.717) is 24.8 Å². The molecule has 0 aromatic heterocycles. The summed E-state index contributed by atoms with van der Waals surface area (Å²) < 4.78 is 0. The zero-order valence-corrected chi connectivity index (χ0v) is 14.6. The van der Waals surface area contributed by atoms with E-state index in [9.17, 15) is 4.79 Å². The molecule has 2 atom stereocenters. The highest BCUT2D eigenvalue weighted by atomic mass is 16.6. The van der Waals surface area contributed by atoms with Crippen molar-refractivity contribution in [3.05, 3.63) is 48.2 Å². The van der Waals surface area contributed by atoms with Crippen molar-refractivity contribution in [3.8, 4) is 0 Å². The number of hydrogen-bond donors (Lipinski definition) is 1. The largest absolute Gasteiger partial charge is 0.361 e. The maximum Gasteiger partial charge on any atom is 0.236 e. The van der Waals surface area contributed by atoms with E-state index in [4.69, 9.17) is 10.6 Å². The Balaban J connectivity index is 2.04. The number of likely N-dealkylation sites (tertiary alicyclic amines) is 1. The lowest BCUT2D eigenvalue weighted by atomic mass is 9.96. The van der Waals surface area contributed by atoms with Gasteiger partial charge < -0.3 is 15.5 Å². The zero-order chi connectivity index (χ0) is 17.5. The standard InChI is InChI=1S/C19H27N3O2/c1-4-14(2)19(16-8-6-5-7-9-16)21-24-15(3)17-10-11-22(13-17)18(23)12-20/h5-9,14,17H,3-4,10-13,20H2,1-2H3/b21-19+. The maximum absolute atomic E-state index is 11.7. The summed E-state index contributed by atoms with van der Waals surface area (Å²) in [4.78, 5) is 19.1. The van der Waals surface area contributed by atoms with Gasteiger partial charge in [-0.05, 0) is 18.4 Å². The molecule has 1 amide bonds. The molecule has 2 rings (SSSR count). The molecular weight excluding hydrogens is 302 g/mol. The molecular formula is C19H27N3O2. The first kappa shape index (κ1) is 18.2. The summed E-state index contributed by atoms with van der Waals surface area (Å²) >= 11 is 0. The van der Waals surface area contributed by atoms with Crippen LogP contribution in [0.5, 0.6) is 0 Å². The molecule has 0 aliphatic carbocycles. The predicted molar refractivity (Wildman–Crippen MR) is 96.4 cm³/mol. The summed E-state index contributed by atoms with van der Waals surface area (Å²) in [5, 5.41) is 4.39. The van der Waals surface area contributed by atoms with Crippen molar-refractivity contribution in [1.82, 2.24) is 4.90 Å². The lowest BCUT2D eigenvalue weighted by molar-refractivity contribution is -0.128. The fourth-order valence-corrected chi connectivity index (χ4v) is 2.79. The molecule has 1 aromatic carbocycles. The SMILES string of the molecule is C=C(O/N=C(/c1ccccc1)C(C)CC)C1CCN(C(=O)CN)C1. The van der Waals surface area contributed by atoms with Gasteiger partial charge in [0.1, 0.15) is 5.76 Å². The number of nitrogens with two attached hydrogens (primary N) is 1. The highest BCUT2D eigenvalue weighted by Crippen LogP contribution is 2.24. The van der Waals surface area contributed by atoms with E-state index in [1.165, 1.54) is 0 Å². The second kappa shape index (κ2) is 8.64. The number of benzene rings is 1. The minimum atomic E-state index is -0.0293. The van der Waals surface area contributed by atoms with Crippen molar-refractivity contribution in [2.45, 2.75) is 26.7 Å². The van der Waals surface area contributed by atoms with Gasteiger partial charge in [-0.15, -0.1) is 0 Å². The molecule has 2 unspecified atom stereocenters. The molecule has 5 nitrogen and oxygen atoms in total. The number of carbonyl (C=O) groups excluding carboxylic acids is 1. The number of rotatable bonds is 7. The third kappa shape index (κ3) is 4.45. The number of carbonyl (C=O) groups is 1. The third-order valence-electron chi connectivity index (χ3n) is 4.58. The molecule has 1 fully saturated rings. The Bertz CT molecular complexity index is 598. The predicted octanol–water partition coefficient (Wildman–Crippen LogP) is 2.77. The van der Waals surface area contributed by atoms with Crippen LogP contribution >= 0.6 is 0 Å². The topological polar surface area (TPSA) is 67.9 Å². The van der Waals surface area contributed by atoms with Gasteiger partial charge in [0, 0.05) is 24.9 Å². The van der Waals surface area contributed by atoms with Crippen LogP contribution in [0.4, 0.5) is 0 Å². The van der Waals surface area contributed by atoms with E-state index in [0.717, 1.165) is 24.1 Å². The average molecular weight is 329 g/mol. The Kier molecular flexibility index (Phi) is 6.55. The molecule has 0 saturated carbocycles. The molecule has 1 aromatic rings. The molecule has 1 aliphatic rings. The number of nitrogens with zero attached hydrogens (tertiary/aromatic N) is 2. The number of oxime groups is 1. The summed E-state index contributed by atoms with van der Waals surface area (Å²) in [6, 6.07) is 10.0. The molecule has 2 N–H and O–H groups in total. The fourth-order valence-electron chi connectivity index (χ4n) is 2.79. The molecule has 130 valence electrons. The van der Waals surface area contributed by atoms with Crippen LogP contribution in [0.2, 0.25) is 0 Å². The van der Waals surface area contributed by atoms with Crippen LogP contribution < -0.4 is 5.73 Å². The Morgan fingerprint density at radius 2 is 2.17 bits per heavy atom. The van der Waals surface area contributed by atoms with Crippen LogP contribution in [0.1, 0.15) is 32.3 Å². The van der Waals surface area contributed by atoms with Crippen molar-refractivity contribution in [1.29, 1.82) is 0 Å². The molecule has 1 heterocycles. The summed E-state index contributed by atoms with van der Waals surface area (Å²) in [5.74, 6) is 0.981. The molecule has 24 heavy (non-hydrogen) atoms. The van der Waals surface area contributed by atoms with Crippen LogP contribution in [0.3, 0.4) is 0 Å². The van der Waals surface area contributed by atoms with E-state index >= 15 is 0 Å². The Hall–Kier alpha value is -2.14. The Labute approximate surface area is 144 Å². The average Bonchev–Trinajstić information content (AvgIpc) is 3.12. The van der Waals surface area contributed by atoms with E-state index in [2.05, 4.69) is 25.6 Å². The highest BCUT2D eigenvalue weighted by molar-refractivity contribution is 6.01. The van der Waals surface area contributed by atoms with Crippen LogP contribution in [0.15, 0.2) is 47.8 Å². The second-order valence-corrected chi connectivity index (χ2v) is 6.24. The number of hydrogen-bond acceptors (Lipinski definition) is 4. The van der Waals surface area contributed by atoms with Gasteiger partial charge >= 0.3 is 0 Å². The van der Waals surface area contributed by atoms with E-state index in [1.54, 1.807) is 4.90 Å². The minimum Gasteiger partial charge on any atom is -0.361 e. The van der Waals surface area contributed by atoms with Crippen molar-refractivity contribution in [2.24, 2.45) is 22.7 Å². The monoisotopic (exact) mass is 329 g/mol. The zero-order valence-electron chi connectivity index (χ0n) is 14.6. The Morgan fingerprint density at radius 3 is 2.79 bits per heavy atom. The van der Waals surface area contributed by atoms with E-state index < -0.39 is 0 Å². The second-order valence-electron chi connectivity index (χ2n) is 6.24. The van der Waals surface area contributed by atoms with Crippen LogP contribution in [-0.2, 0) is 9.63 Å². The molecule has 0 radical (unpaired) electrons.